The lowest BCUT2D eigenvalue weighted by molar-refractivity contribution is -0.139. The Bertz CT molecular complexity index is 1500. The Labute approximate surface area is 270 Å². The fourth-order valence-electron chi connectivity index (χ4n) is 6.19. The smallest absolute Gasteiger partial charge is 0.416 e. The summed E-state index contributed by atoms with van der Waals surface area (Å²) in [6.45, 7) is 7.70. The number of amides is 3. The molecule has 2 saturated heterocycles. The van der Waals surface area contributed by atoms with E-state index in [4.69, 9.17) is 4.74 Å². The van der Waals surface area contributed by atoms with Gasteiger partial charge in [-0.2, -0.15) is 13.2 Å². The van der Waals surface area contributed by atoms with Crippen LogP contribution in [-0.2, 0) is 20.5 Å². The van der Waals surface area contributed by atoms with Crippen molar-refractivity contribution < 1.29 is 42.2 Å². The number of ether oxygens (including phenoxy) is 1. The number of nitrogens with one attached hydrogen (secondary N) is 1. The molecule has 4 atom stereocenters. The number of anilines is 1. The largest absolute Gasteiger partial charge is 0.481 e. The zero-order chi connectivity index (χ0) is 34.0. The molecule has 3 fully saturated rings. The van der Waals surface area contributed by atoms with Crippen molar-refractivity contribution in [2.45, 2.75) is 45.8 Å². The van der Waals surface area contributed by atoms with Crippen molar-refractivity contribution in [3.8, 4) is 11.4 Å². The minimum absolute atomic E-state index is 0.0473. The first-order valence-electron chi connectivity index (χ1n) is 15.8. The molecule has 1 aromatic heterocycles. The second-order valence-electron chi connectivity index (χ2n) is 12.6. The molecule has 1 unspecified atom stereocenters. The lowest BCUT2D eigenvalue weighted by Gasteiger charge is -2.36. The molecule has 1 aliphatic carbocycles. The summed E-state index contributed by atoms with van der Waals surface area (Å²) in [6.07, 6.45) is -3.38. The van der Waals surface area contributed by atoms with Crippen LogP contribution in [0.25, 0.3) is 11.4 Å². The number of aromatic nitrogens is 2. The number of nitrogens with zero attached hydrogens (tertiary/aromatic N) is 5. The zero-order valence-electron chi connectivity index (χ0n) is 26.5. The minimum atomic E-state index is -4.61. The second-order valence-corrected chi connectivity index (χ2v) is 12.6. The van der Waals surface area contributed by atoms with Gasteiger partial charge in [0.1, 0.15) is 17.6 Å². The third-order valence-corrected chi connectivity index (χ3v) is 8.99. The van der Waals surface area contributed by atoms with Gasteiger partial charge in [0.05, 0.1) is 18.1 Å². The van der Waals surface area contributed by atoms with Gasteiger partial charge >= 0.3 is 18.2 Å². The summed E-state index contributed by atoms with van der Waals surface area (Å²) in [5.74, 6) is -2.69. The van der Waals surface area contributed by atoms with Crippen molar-refractivity contribution in [2.24, 2.45) is 23.7 Å². The molecule has 254 valence electrons. The predicted octanol–water partition coefficient (Wildman–Crippen LogP) is 3.76. The number of hydrogen-bond acceptors (Lipinski definition) is 8. The van der Waals surface area contributed by atoms with Gasteiger partial charge in [-0.25, -0.2) is 14.8 Å². The summed E-state index contributed by atoms with van der Waals surface area (Å²) >= 11 is 0. The Morgan fingerprint density at radius 3 is 2.28 bits per heavy atom. The number of carbonyl (C=O) groups excluding carboxylic acids is 3. The van der Waals surface area contributed by atoms with Crippen LogP contribution in [0.4, 0.5) is 23.8 Å². The number of fused-ring (bicyclic) bond motifs is 1. The number of halogens is 3. The molecule has 0 radical (unpaired) electrons. The molecule has 12 nitrogen and oxygen atoms in total. The number of unbranched alkanes of at least 4 members (excludes halogenated alkanes) is 1. The molecule has 1 saturated carbocycles. The lowest BCUT2D eigenvalue weighted by Crippen LogP contribution is -2.57. The zero-order valence-corrected chi connectivity index (χ0v) is 26.5. The van der Waals surface area contributed by atoms with Gasteiger partial charge in [-0.15, -0.1) is 0 Å². The first kappa shape index (κ1) is 33.9. The number of rotatable bonds is 10. The van der Waals surface area contributed by atoms with Crippen molar-refractivity contribution in [1.82, 2.24) is 25.1 Å². The average Bonchev–Trinajstić information content (AvgIpc) is 3.56. The molecule has 3 heterocycles. The Morgan fingerprint density at radius 2 is 1.68 bits per heavy atom. The standard InChI is InChI=1S/C32H39F3N6O6/c1-4-5-13-47-31(46)40-11-9-39(10-12-40)29(43)26(18(2)3)38-28(42)23-15-24(41-16-21-22(17-41)25(21)30(44)45)37-27(36-23)19-7-6-8-20(14-19)32(33,34)35/h6-8,14-15,18,21-22,25-26H,4-5,9-13,16-17H2,1-3H3,(H,38,42)(H,44,45)/t21-,22+,25?,26-/m0/s1. The third kappa shape index (κ3) is 7.60. The van der Waals surface area contributed by atoms with E-state index in [2.05, 4.69) is 15.3 Å². The molecular formula is C32H39F3N6O6. The topological polar surface area (TPSA) is 145 Å². The quantitative estimate of drug-likeness (QED) is 0.364. The highest BCUT2D eigenvalue weighted by Crippen LogP contribution is 2.52. The molecule has 5 rings (SSSR count). The molecule has 0 bridgehead atoms. The molecule has 15 heteroatoms. The number of alkyl halides is 3. The van der Waals surface area contributed by atoms with Crippen LogP contribution in [0, 0.1) is 23.7 Å². The van der Waals surface area contributed by atoms with E-state index in [-0.39, 0.29) is 72.7 Å². The Morgan fingerprint density at radius 1 is 1.02 bits per heavy atom. The van der Waals surface area contributed by atoms with E-state index in [0.29, 0.717) is 19.7 Å². The van der Waals surface area contributed by atoms with Crippen molar-refractivity contribution in [2.75, 3.05) is 50.8 Å². The maximum atomic E-state index is 13.7. The highest BCUT2D eigenvalue weighted by Gasteiger charge is 2.60. The highest BCUT2D eigenvalue weighted by atomic mass is 19.4. The molecule has 0 spiro atoms. The summed E-state index contributed by atoms with van der Waals surface area (Å²) in [5, 5.41) is 12.2. The fraction of sp³-hybridized carbons (Fsp3) is 0.562. The summed E-state index contributed by atoms with van der Waals surface area (Å²) in [5.41, 5.74) is -0.997. The van der Waals surface area contributed by atoms with Gasteiger partial charge in [-0.3, -0.25) is 14.4 Å². The number of aliphatic carboxylic acids is 1. The van der Waals surface area contributed by atoms with Crippen molar-refractivity contribution >= 4 is 29.7 Å². The predicted molar refractivity (Wildman–Crippen MR) is 163 cm³/mol. The number of benzene rings is 1. The van der Waals surface area contributed by atoms with Gasteiger partial charge in [0.15, 0.2) is 5.82 Å². The summed E-state index contributed by atoms with van der Waals surface area (Å²) in [6, 6.07) is 4.94. The van der Waals surface area contributed by atoms with Crippen LogP contribution in [0.5, 0.6) is 0 Å². The first-order chi connectivity index (χ1) is 22.3. The van der Waals surface area contributed by atoms with Gasteiger partial charge in [0.25, 0.3) is 5.91 Å². The average molecular weight is 661 g/mol. The highest BCUT2D eigenvalue weighted by molar-refractivity contribution is 5.97. The van der Waals surface area contributed by atoms with Crippen LogP contribution < -0.4 is 10.2 Å². The van der Waals surface area contributed by atoms with Gasteiger partial charge in [-0.05, 0) is 36.3 Å². The van der Waals surface area contributed by atoms with E-state index < -0.39 is 41.7 Å². The molecule has 3 aliphatic rings. The van der Waals surface area contributed by atoms with Crippen LogP contribution >= 0.6 is 0 Å². The minimum Gasteiger partial charge on any atom is -0.481 e. The lowest BCUT2D eigenvalue weighted by atomic mass is 10.0. The maximum Gasteiger partial charge on any atom is 0.416 e. The van der Waals surface area contributed by atoms with Crippen LogP contribution in [0.15, 0.2) is 30.3 Å². The van der Waals surface area contributed by atoms with Crippen LogP contribution in [0.2, 0.25) is 0 Å². The molecule has 2 aromatic rings. The monoisotopic (exact) mass is 660 g/mol. The van der Waals surface area contributed by atoms with E-state index in [1.807, 2.05) is 11.8 Å². The van der Waals surface area contributed by atoms with Crippen LogP contribution in [0.1, 0.15) is 49.7 Å². The van der Waals surface area contributed by atoms with Crippen molar-refractivity contribution in [3.05, 3.63) is 41.6 Å². The number of carboxylic acids is 1. The maximum absolute atomic E-state index is 13.7. The summed E-state index contributed by atoms with van der Waals surface area (Å²) < 4.78 is 45.8. The van der Waals surface area contributed by atoms with E-state index >= 15 is 0 Å². The Kier molecular flexibility index (Phi) is 9.92. The van der Waals surface area contributed by atoms with Crippen LogP contribution in [0.3, 0.4) is 0 Å². The van der Waals surface area contributed by atoms with E-state index in [1.165, 1.54) is 18.2 Å². The van der Waals surface area contributed by atoms with Crippen molar-refractivity contribution in [3.63, 3.8) is 0 Å². The first-order valence-corrected chi connectivity index (χ1v) is 15.8. The SMILES string of the molecule is CCCCOC(=O)N1CCN(C(=O)[C@@H](NC(=O)c2cc(N3C[C@@H]4C(C(=O)O)[C@@H]4C3)nc(-c3cccc(C(F)(F)F)c3)n2)C(C)C)CC1. The van der Waals surface area contributed by atoms with E-state index in [0.717, 1.165) is 25.0 Å². The van der Waals surface area contributed by atoms with E-state index in [1.54, 1.807) is 23.6 Å². The molecule has 2 aliphatic heterocycles. The summed E-state index contributed by atoms with van der Waals surface area (Å²) in [4.78, 5) is 64.8. The Balaban J connectivity index is 1.34. The number of piperidine rings is 1. The molecule has 1 aromatic carbocycles. The van der Waals surface area contributed by atoms with Gasteiger partial charge in [0, 0.05) is 50.9 Å². The Hall–Kier alpha value is -4.43. The number of piperazine rings is 1. The number of hydrogen-bond donors (Lipinski definition) is 2. The second kappa shape index (κ2) is 13.7. The molecule has 2 N–H and O–H groups in total. The molecule has 3 amide bonds. The fourth-order valence-corrected chi connectivity index (χ4v) is 6.19. The van der Waals surface area contributed by atoms with E-state index in [9.17, 15) is 37.5 Å². The number of carboxylic acid groups (broad SMARTS) is 1. The number of carbonyl (C=O) groups is 4. The normalized spacial score (nSPS) is 21.3. The van der Waals surface area contributed by atoms with Crippen LogP contribution in [-0.4, -0.2) is 101 Å². The van der Waals surface area contributed by atoms with Gasteiger partial charge in [-0.1, -0.05) is 39.3 Å². The third-order valence-electron chi connectivity index (χ3n) is 8.99. The molecular weight excluding hydrogens is 621 g/mol. The van der Waals surface area contributed by atoms with Crippen molar-refractivity contribution in [1.29, 1.82) is 0 Å². The van der Waals surface area contributed by atoms with Gasteiger partial charge < -0.3 is 29.9 Å². The summed E-state index contributed by atoms with van der Waals surface area (Å²) in [7, 11) is 0. The van der Waals surface area contributed by atoms with Gasteiger partial charge in [0.2, 0.25) is 5.91 Å². The molecule has 47 heavy (non-hydrogen) atoms.